The average Bonchev–Trinajstić information content (AvgIpc) is 2.81. The molecule has 0 aromatic carbocycles. The van der Waals surface area contributed by atoms with Gasteiger partial charge in [0.15, 0.2) is 0 Å². The number of nitrogens with one attached hydrogen (secondary N) is 1. The van der Waals surface area contributed by atoms with Crippen molar-refractivity contribution in [3.05, 3.63) is 16.1 Å². The van der Waals surface area contributed by atoms with Gasteiger partial charge >= 0.3 is 0 Å². The van der Waals surface area contributed by atoms with E-state index in [0.717, 1.165) is 23.1 Å². The molecule has 1 aliphatic carbocycles. The maximum absolute atomic E-state index is 5.85. The molecule has 0 aliphatic heterocycles. The summed E-state index contributed by atoms with van der Waals surface area (Å²) in [6, 6.07) is 0. The van der Waals surface area contributed by atoms with Crippen molar-refractivity contribution in [3.63, 3.8) is 0 Å². The fraction of sp³-hybridized carbons (Fsp3) is 0.667. The highest BCUT2D eigenvalue weighted by atomic mass is 35.5. The van der Waals surface area contributed by atoms with Gasteiger partial charge in [0, 0.05) is 29.0 Å². The van der Waals surface area contributed by atoms with Crippen molar-refractivity contribution in [2.24, 2.45) is 0 Å². The highest BCUT2D eigenvalue weighted by molar-refractivity contribution is 7.09. The Hall–Kier alpha value is -0.120. The first-order valence-corrected chi connectivity index (χ1v) is 5.87. The van der Waals surface area contributed by atoms with E-state index < -0.39 is 0 Å². The van der Waals surface area contributed by atoms with Gasteiger partial charge < -0.3 is 5.32 Å². The van der Waals surface area contributed by atoms with Crippen LogP contribution in [0.1, 0.15) is 23.5 Å². The lowest BCUT2D eigenvalue weighted by Crippen LogP contribution is -2.32. The van der Waals surface area contributed by atoms with Crippen molar-refractivity contribution < 1.29 is 0 Å². The van der Waals surface area contributed by atoms with Gasteiger partial charge in [0.1, 0.15) is 5.01 Å². The Morgan fingerprint density at radius 1 is 1.69 bits per heavy atom. The average molecular weight is 217 g/mol. The van der Waals surface area contributed by atoms with Gasteiger partial charge in [-0.05, 0) is 19.8 Å². The zero-order valence-corrected chi connectivity index (χ0v) is 9.21. The Kier molecular flexibility index (Phi) is 2.58. The fourth-order valence-electron chi connectivity index (χ4n) is 1.26. The van der Waals surface area contributed by atoms with Gasteiger partial charge in [-0.2, -0.15) is 0 Å². The molecule has 1 aromatic rings. The standard InChI is InChI=1S/C9H13ClN2S/c1-7-5-13-8(12-7)4-11-9(6-10)2-3-9/h5,11H,2-4,6H2,1H3. The van der Waals surface area contributed by atoms with Crippen LogP contribution in [0.4, 0.5) is 0 Å². The molecule has 1 N–H and O–H groups in total. The van der Waals surface area contributed by atoms with Crippen LogP contribution in [0.5, 0.6) is 0 Å². The van der Waals surface area contributed by atoms with E-state index in [0.29, 0.717) is 0 Å². The summed E-state index contributed by atoms with van der Waals surface area (Å²) in [6.45, 7) is 2.89. The van der Waals surface area contributed by atoms with Crippen molar-refractivity contribution in [2.45, 2.75) is 31.8 Å². The monoisotopic (exact) mass is 216 g/mol. The number of aromatic nitrogens is 1. The Labute approximate surface area is 87.3 Å². The van der Waals surface area contributed by atoms with Crippen LogP contribution in [0.25, 0.3) is 0 Å². The summed E-state index contributed by atoms with van der Waals surface area (Å²) in [5.41, 5.74) is 1.35. The SMILES string of the molecule is Cc1csc(CNC2(CCl)CC2)n1. The molecule has 2 nitrogen and oxygen atoms in total. The molecule has 1 aromatic heterocycles. The second kappa shape index (κ2) is 3.56. The minimum atomic E-state index is 0.237. The van der Waals surface area contributed by atoms with Crippen LogP contribution in [0, 0.1) is 6.92 Å². The van der Waals surface area contributed by atoms with Crippen molar-refractivity contribution in [3.8, 4) is 0 Å². The molecular weight excluding hydrogens is 204 g/mol. The number of rotatable bonds is 4. The number of alkyl halides is 1. The molecular formula is C9H13ClN2S. The minimum Gasteiger partial charge on any atom is -0.304 e. The first-order chi connectivity index (χ1) is 6.24. The van der Waals surface area contributed by atoms with Crippen LogP contribution < -0.4 is 5.32 Å². The normalized spacial score (nSPS) is 18.9. The van der Waals surface area contributed by atoms with E-state index in [-0.39, 0.29) is 5.54 Å². The van der Waals surface area contributed by atoms with E-state index in [9.17, 15) is 0 Å². The molecule has 13 heavy (non-hydrogen) atoms. The summed E-state index contributed by atoms with van der Waals surface area (Å²) in [7, 11) is 0. The number of hydrogen-bond acceptors (Lipinski definition) is 3. The Bertz CT molecular complexity index is 294. The zero-order chi connectivity index (χ0) is 9.31. The van der Waals surface area contributed by atoms with Crippen LogP contribution in [-0.2, 0) is 6.54 Å². The molecule has 72 valence electrons. The first-order valence-electron chi connectivity index (χ1n) is 4.46. The third kappa shape index (κ3) is 2.22. The summed E-state index contributed by atoms with van der Waals surface area (Å²) >= 11 is 7.56. The van der Waals surface area contributed by atoms with E-state index in [1.807, 2.05) is 6.92 Å². The number of hydrogen-bond donors (Lipinski definition) is 1. The van der Waals surface area contributed by atoms with Gasteiger partial charge in [-0.15, -0.1) is 22.9 Å². The predicted molar refractivity (Wildman–Crippen MR) is 56.4 cm³/mol. The lowest BCUT2D eigenvalue weighted by Gasteiger charge is -2.11. The molecule has 0 amide bonds. The van der Waals surface area contributed by atoms with Gasteiger partial charge in [-0.1, -0.05) is 0 Å². The summed E-state index contributed by atoms with van der Waals surface area (Å²) < 4.78 is 0. The molecule has 0 atom stereocenters. The fourth-order valence-corrected chi connectivity index (χ4v) is 2.33. The Morgan fingerprint density at radius 2 is 2.46 bits per heavy atom. The topological polar surface area (TPSA) is 24.9 Å². The minimum absolute atomic E-state index is 0.237. The van der Waals surface area contributed by atoms with Crippen molar-refractivity contribution in [1.29, 1.82) is 0 Å². The Morgan fingerprint density at radius 3 is 2.92 bits per heavy atom. The van der Waals surface area contributed by atoms with Gasteiger partial charge in [-0.3, -0.25) is 0 Å². The highest BCUT2D eigenvalue weighted by Crippen LogP contribution is 2.36. The number of halogens is 1. The highest BCUT2D eigenvalue weighted by Gasteiger charge is 2.41. The molecule has 2 rings (SSSR count). The Balaban J connectivity index is 1.86. The maximum atomic E-state index is 5.85. The smallest absolute Gasteiger partial charge is 0.107 e. The molecule has 0 bridgehead atoms. The molecule has 0 unspecified atom stereocenters. The molecule has 1 heterocycles. The van der Waals surface area contributed by atoms with Crippen LogP contribution >= 0.6 is 22.9 Å². The summed E-state index contributed by atoms with van der Waals surface area (Å²) in [4.78, 5) is 4.39. The lowest BCUT2D eigenvalue weighted by atomic mass is 10.3. The van der Waals surface area contributed by atoms with Crippen LogP contribution in [0.15, 0.2) is 5.38 Å². The molecule has 1 aliphatic rings. The van der Waals surface area contributed by atoms with Crippen LogP contribution in [0.3, 0.4) is 0 Å². The summed E-state index contributed by atoms with van der Waals surface area (Å²) in [5.74, 6) is 0.720. The third-order valence-electron chi connectivity index (χ3n) is 2.39. The summed E-state index contributed by atoms with van der Waals surface area (Å²) in [5, 5.41) is 6.71. The van der Waals surface area contributed by atoms with Gasteiger partial charge in [-0.25, -0.2) is 4.98 Å². The molecule has 0 spiro atoms. The summed E-state index contributed by atoms with van der Waals surface area (Å²) in [6.07, 6.45) is 2.42. The predicted octanol–water partition coefficient (Wildman–Crippen LogP) is 2.31. The van der Waals surface area contributed by atoms with E-state index in [1.165, 1.54) is 12.8 Å². The van der Waals surface area contributed by atoms with Crippen LogP contribution in [0.2, 0.25) is 0 Å². The van der Waals surface area contributed by atoms with Crippen molar-refractivity contribution >= 4 is 22.9 Å². The van der Waals surface area contributed by atoms with E-state index >= 15 is 0 Å². The quantitative estimate of drug-likeness (QED) is 0.782. The lowest BCUT2D eigenvalue weighted by molar-refractivity contribution is 0.541. The van der Waals surface area contributed by atoms with Gasteiger partial charge in [0.25, 0.3) is 0 Å². The number of aryl methyl sites for hydroxylation is 1. The maximum Gasteiger partial charge on any atom is 0.107 e. The molecule has 4 heteroatoms. The van der Waals surface area contributed by atoms with Gasteiger partial charge in [0.2, 0.25) is 0 Å². The largest absolute Gasteiger partial charge is 0.304 e. The third-order valence-corrected chi connectivity index (χ3v) is 3.87. The van der Waals surface area contributed by atoms with Crippen molar-refractivity contribution in [2.75, 3.05) is 5.88 Å². The van der Waals surface area contributed by atoms with Crippen LogP contribution in [-0.4, -0.2) is 16.4 Å². The van der Waals surface area contributed by atoms with E-state index in [4.69, 9.17) is 11.6 Å². The molecule has 0 saturated heterocycles. The zero-order valence-electron chi connectivity index (χ0n) is 7.64. The second-order valence-corrected chi connectivity index (χ2v) is 4.86. The molecule has 1 fully saturated rings. The van der Waals surface area contributed by atoms with Gasteiger partial charge in [0.05, 0.1) is 0 Å². The molecule has 1 saturated carbocycles. The first kappa shape index (κ1) is 9.44. The van der Waals surface area contributed by atoms with E-state index in [1.54, 1.807) is 11.3 Å². The van der Waals surface area contributed by atoms with Crippen molar-refractivity contribution in [1.82, 2.24) is 10.3 Å². The molecule has 0 radical (unpaired) electrons. The van der Waals surface area contributed by atoms with E-state index in [2.05, 4.69) is 15.7 Å². The number of nitrogens with zero attached hydrogens (tertiary/aromatic N) is 1. The second-order valence-electron chi connectivity index (χ2n) is 3.65. The number of thiazole rings is 1.